The second-order valence-corrected chi connectivity index (χ2v) is 4.72. The quantitative estimate of drug-likeness (QED) is 0.855. The summed E-state index contributed by atoms with van der Waals surface area (Å²) in [5.74, 6) is -1.47. The molecule has 2 rings (SSSR count). The van der Waals surface area contributed by atoms with Crippen LogP contribution in [0.25, 0.3) is 0 Å². The van der Waals surface area contributed by atoms with Gasteiger partial charge in [-0.1, -0.05) is 12.6 Å². The molecule has 0 fully saturated rings. The van der Waals surface area contributed by atoms with Crippen LogP contribution in [0.5, 0.6) is 0 Å². The number of rotatable bonds is 3. The minimum absolute atomic E-state index is 0.0353. The summed E-state index contributed by atoms with van der Waals surface area (Å²) in [5, 5.41) is 17.3. The van der Waals surface area contributed by atoms with E-state index < -0.39 is 11.6 Å². The molecule has 0 aromatic heterocycles. The number of thioether (sulfide) groups is 1. The number of hydrogen-bond acceptors (Lipinski definition) is 4. The van der Waals surface area contributed by atoms with Crippen molar-refractivity contribution in [2.75, 3.05) is 5.75 Å². The summed E-state index contributed by atoms with van der Waals surface area (Å²) in [7, 11) is 0. The Morgan fingerprint density at radius 3 is 2.89 bits per heavy atom. The number of aliphatic hydroxyl groups is 1. The molecule has 1 aliphatic heterocycles. The average molecular weight is 268 g/mol. The SMILES string of the molecule is C=C(O)CSC1=NN=C(c2cccc(F)c2F)C1. The van der Waals surface area contributed by atoms with Crippen LogP contribution in [-0.2, 0) is 0 Å². The third kappa shape index (κ3) is 2.76. The van der Waals surface area contributed by atoms with Gasteiger partial charge in [-0.05, 0) is 12.1 Å². The number of hydrogen-bond donors (Lipinski definition) is 1. The van der Waals surface area contributed by atoms with Crippen molar-refractivity contribution in [2.45, 2.75) is 6.42 Å². The lowest BCUT2D eigenvalue weighted by Gasteiger charge is -2.03. The van der Waals surface area contributed by atoms with Gasteiger partial charge in [-0.3, -0.25) is 0 Å². The molecule has 0 saturated carbocycles. The number of nitrogens with zero attached hydrogens (tertiary/aromatic N) is 2. The van der Waals surface area contributed by atoms with E-state index in [1.54, 1.807) is 0 Å². The average Bonchev–Trinajstić information content (AvgIpc) is 2.78. The number of aliphatic hydroxyl groups excluding tert-OH is 1. The smallest absolute Gasteiger partial charge is 0.167 e. The molecule has 6 heteroatoms. The van der Waals surface area contributed by atoms with Crippen LogP contribution in [0.1, 0.15) is 12.0 Å². The van der Waals surface area contributed by atoms with Gasteiger partial charge in [0.1, 0.15) is 5.04 Å². The van der Waals surface area contributed by atoms with Gasteiger partial charge in [0.15, 0.2) is 11.6 Å². The largest absolute Gasteiger partial charge is 0.512 e. The Hall–Kier alpha value is -1.69. The van der Waals surface area contributed by atoms with E-state index >= 15 is 0 Å². The molecule has 0 radical (unpaired) electrons. The standard InChI is InChI=1S/C12H10F2N2OS/c1-7(17)6-18-11-5-10(15-16-11)8-3-2-4-9(13)12(8)14/h2-4,17H,1,5-6H2. The van der Waals surface area contributed by atoms with E-state index in [2.05, 4.69) is 16.8 Å². The van der Waals surface area contributed by atoms with Gasteiger partial charge in [0.05, 0.1) is 17.2 Å². The van der Waals surface area contributed by atoms with Crippen molar-refractivity contribution >= 4 is 22.5 Å². The highest BCUT2D eigenvalue weighted by molar-refractivity contribution is 8.14. The molecule has 1 heterocycles. The number of halogens is 2. The maximum Gasteiger partial charge on any atom is 0.167 e. The third-order valence-corrected chi connectivity index (χ3v) is 3.31. The maximum absolute atomic E-state index is 13.5. The van der Waals surface area contributed by atoms with Crippen molar-refractivity contribution in [3.8, 4) is 0 Å². The van der Waals surface area contributed by atoms with E-state index in [4.69, 9.17) is 5.11 Å². The van der Waals surface area contributed by atoms with Crippen molar-refractivity contribution in [3.63, 3.8) is 0 Å². The summed E-state index contributed by atoms with van der Waals surface area (Å²) >= 11 is 1.27. The molecule has 0 aliphatic carbocycles. The molecule has 0 unspecified atom stereocenters. The Labute approximate surface area is 107 Å². The van der Waals surface area contributed by atoms with Crippen molar-refractivity contribution < 1.29 is 13.9 Å². The Balaban J connectivity index is 2.07. The molecular formula is C12H10F2N2OS. The lowest BCUT2D eigenvalue weighted by Crippen LogP contribution is -2.06. The first-order valence-electron chi connectivity index (χ1n) is 5.15. The molecule has 18 heavy (non-hydrogen) atoms. The van der Waals surface area contributed by atoms with E-state index in [1.807, 2.05) is 0 Å². The van der Waals surface area contributed by atoms with Crippen LogP contribution in [0.3, 0.4) is 0 Å². The highest BCUT2D eigenvalue weighted by Gasteiger charge is 2.19. The highest BCUT2D eigenvalue weighted by Crippen LogP contribution is 2.22. The van der Waals surface area contributed by atoms with Crippen LogP contribution < -0.4 is 0 Å². The fraction of sp³-hybridized carbons (Fsp3) is 0.167. The molecule has 0 bridgehead atoms. The monoisotopic (exact) mass is 268 g/mol. The Kier molecular flexibility index (Phi) is 3.76. The van der Waals surface area contributed by atoms with Gasteiger partial charge in [0.25, 0.3) is 0 Å². The molecule has 94 valence electrons. The van der Waals surface area contributed by atoms with Crippen molar-refractivity contribution in [2.24, 2.45) is 10.2 Å². The molecule has 0 saturated heterocycles. The topological polar surface area (TPSA) is 45.0 Å². The minimum Gasteiger partial charge on any atom is -0.512 e. The van der Waals surface area contributed by atoms with Gasteiger partial charge in [-0.25, -0.2) is 8.78 Å². The predicted octanol–water partition coefficient (Wildman–Crippen LogP) is 3.28. The Morgan fingerprint density at radius 2 is 2.17 bits per heavy atom. The van der Waals surface area contributed by atoms with Gasteiger partial charge in [0, 0.05) is 12.0 Å². The lowest BCUT2D eigenvalue weighted by molar-refractivity contribution is 0.420. The van der Waals surface area contributed by atoms with E-state index in [9.17, 15) is 8.78 Å². The summed E-state index contributed by atoms with van der Waals surface area (Å²) in [6.45, 7) is 3.35. The molecule has 1 N–H and O–H groups in total. The van der Waals surface area contributed by atoms with Crippen molar-refractivity contribution in [1.29, 1.82) is 0 Å². The fourth-order valence-corrected chi connectivity index (χ4v) is 2.12. The molecule has 0 spiro atoms. The predicted molar refractivity (Wildman–Crippen MR) is 69.2 cm³/mol. The highest BCUT2D eigenvalue weighted by atomic mass is 32.2. The van der Waals surface area contributed by atoms with Crippen LogP contribution in [0.15, 0.2) is 40.7 Å². The molecule has 1 aromatic carbocycles. The summed E-state index contributed by atoms with van der Waals surface area (Å²) in [6.07, 6.45) is 0.332. The van der Waals surface area contributed by atoms with Crippen LogP contribution in [0, 0.1) is 11.6 Å². The Bertz CT molecular complexity index is 555. The lowest BCUT2D eigenvalue weighted by atomic mass is 10.1. The van der Waals surface area contributed by atoms with Gasteiger partial charge in [0.2, 0.25) is 0 Å². The van der Waals surface area contributed by atoms with E-state index in [1.165, 1.54) is 23.9 Å². The zero-order valence-corrected chi connectivity index (χ0v) is 10.2. The van der Waals surface area contributed by atoms with Gasteiger partial charge >= 0.3 is 0 Å². The zero-order chi connectivity index (χ0) is 13.1. The first-order valence-corrected chi connectivity index (χ1v) is 6.14. The maximum atomic E-state index is 13.5. The minimum atomic E-state index is -0.913. The second kappa shape index (κ2) is 5.30. The van der Waals surface area contributed by atoms with Gasteiger partial charge in [-0.2, -0.15) is 5.10 Å². The second-order valence-electron chi connectivity index (χ2n) is 3.67. The summed E-state index contributed by atoms with van der Waals surface area (Å²) < 4.78 is 26.6. The van der Waals surface area contributed by atoms with Crippen LogP contribution in [0.4, 0.5) is 8.78 Å². The van der Waals surface area contributed by atoms with Crippen molar-refractivity contribution in [1.82, 2.24) is 0 Å². The molecular weight excluding hydrogens is 258 g/mol. The van der Waals surface area contributed by atoms with Crippen molar-refractivity contribution in [3.05, 3.63) is 47.7 Å². The van der Waals surface area contributed by atoms with Gasteiger partial charge < -0.3 is 5.11 Å². The summed E-state index contributed by atoms with van der Waals surface area (Å²) in [4.78, 5) is 0. The third-order valence-electron chi connectivity index (χ3n) is 2.27. The fourth-order valence-electron chi connectivity index (χ4n) is 1.45. The number of benzene rings is 1. The first-order chi connectivity index (χ1) is 8.58. The normalized spacial score (nSPS) is 14.3. The first kappa shape index (κ1) is 12.8. The van der Waals surface area contributed by atoms with Crippen LogP contribution >= 0.6 is 11.8 Å². The summed E-state index contributed by atoms with van der Waals surface area (Å²) in [5.41, 5.74) is 0.509. The molecule has 0 atom stereocenters. The van der Waals surface area contributed by atoms with E-state index in [0.717, 1.165) is 6.07 Å². The summed E-state index contributed by atoms with van der Waals surface area (Å²) in [6, 6.07) is 3.95. The van der Waals surface area contributed by atoms with E-state index in [0.29, 0.717) is 22.9 Å². The molecule has 3 nitrogen and oxygen atoms in total. The molecule has 1 aromatic rings. The van der Waals surface area contributed by atoms with Gasteiger partial charge in [-0.15, -0.1) is 16.9 Å². The van der Waals surface area contributed by atoms with Crippen LogP contribution in [-0.4, -0.2) is 21.6 Å². The molecule has 1 aliphatic rings. The Morgan fingerprint density at radius 1 is 1.39 bits per heavy atom. The zero-order valence-electron chi connectivity index (χ0n) is 9.36. The van der Waals surface area contributed by atoms with Crippen LogP contribution in [0.2, 0.25) is 0 Å². The van der Waals surface area contributed by atoms with E-state index in [-0.39, 0.29) is 11.3 Å². The molecule has 0 amide bonds.